The zero-order valence-electron chi connectivity index (χ0n) is 11.3. The van der Waals surface area contributed by atoms with E-state index in [0.717, 1.165) is 28.2 Å². The Bertz CT molecular complexity index is 702. The zero-order valence-corrected chi connectivity index (χ0v) is 11.3. The number of H-pyrrole nitrogens is 2. The molecule has 98 valence electrons. The first-order valence-corrected chi connectivity index (χ1v) is 6.29. The van der Waals surface area contributed by atoms with Gasteiger partial charge in [0.05, 0.1) is 5.69 Å². The summed E-state index contributed by atoms with van der Waals surface area (Å²) in [7, 11) is 0. The van der Waals surface area contributed by atoms with E-state index in [1.54, 1.807) is 6.20 Å². The molecule has 3 rings (SSSR count). The molecule has 0 fully saturated rings. The molecule has 0 radical (unpaired) electrons. The Kier molecular flexibility index (Phi) is 2.55. The second kappa shape index (κ2) is 4.12. The summed E-state index contributed by atoms with van der Waals surface area (Å²) in [6.07, 6.45) is 3.66. The van der Waals surface area contributed by atoms with Crippen LogP contribution in [0.5, 0.6) is 0 Å². The summed E-state index contributed by atoms with van der Waals surface area (Å²) in [5, 5.41) is 11.8. The maximum atomic E-state index is 4.30. The number of hydrogen-bond donors (Lipinski definition) is 3. The summed E-state index contributed by atoms with van der Waals surface area (Å²) in [6, 6.07) is 5.99. The summed E-state index contributed by atoms with van der Waals surface area (Å²) in [6.45, 7) is 6.46. The van der Waals surface area contributed by atoms with Crippen molar-refractivity contribution < 1.29 is 0 Å². The van der Waals surface area contributed by atoms with Crippen LogP contribution >= 0.6 is 0 Å². The molecule has 5 nitrogen and oxygen atoms in total. The Morgan fingerprint density at radius 2 is 2.05 bits per heavy atom. The van der Waals surface area contributed by atoms with Crippen LogP contribution in [0.2, 0.25) is 0 Å². The SMILES string of the molecule is CC(C)(C)c1cc(Nc2ccnc3[nH]ccc23)n[nH]1. The quantitative estimate of drug-likeness (QED) is 0.658. The fourth-order valence-electron chi connectivity index (χ4n) is 1.98. The molecule has 0 atom stereocenters. The van der Waals surface area contributed by atoms with Crippen molar-refractivity contribution in [2.45, 2.75) is 26.2 Å². The third kappa shape index (κ3) is 2.19. The molecule has 0 saturated heterocycles. The number of anilines is 2. The molecule has 0 saturated carbocycles. The molecule has 0 bridgehead atoms. The highest BCUT2D eigenvalue weighted by Gasteiger charge is 2.16. The number of fused-ring (bicyclic) bond motifs is 1. The summed E-state index contributed by atoms with van der Waals surface area (Å²) < 4.78 is 0. The van der Waals surface area contributed by atoms with Crippen LogP contribution in [0.1, 0.15) is 26.5 Å². The van der Waals surface area contributed by atoms with Gasteiger partial charge in [-0.2, -0.15) is 5.10 Å². The Morgan fingerprint density at radius 3 is 2.79 bits per heavy atom. The van der Waals surface area contributed by atoms with E-state index < -0.39 is 0 Å². The Hall–Kier alpha value is -2.30. The number of aromatic nitrogens is 4. The second-order valence-corrected chi connectivity index (χ2v) is 5.64. The minimum Gasteiger partial charge on any atom is -0.346 e. The highest BCUT2D eigenvalue weighted by Crippen LogP contribution is 2.26. The Morgan fingerprint density at radius 1 is 1.21 bits per heavy atom. The van der Waals surface area contributed by atoms with Crippen LogP contribution < -0.4 is 5.32 Å². The van der Waals surface area contributed by atoms with Crippen LogP contribution in [0, 0.1) is 0 Å². The van der Waals surface area contributed by atoms with Gasteiger partial charge in [0.1, 0.15) is 5.65 Å². The van der Waals surface area contributed by atoms with E-state index in [1.807, 2.05) is 24.4 Å². The number of nitrogens with one attached hydrogen (secondary N) is 3. The topological polar surface area (TPSA) is 69.4 Å². The third-order valence-corrected chi connectivity index (χ3v) is 3.11. The lowest BCUT2D eigenvalue weighted by Gasteiger charge is -2.14. The van der Waals surface area contributed by atoms with E-state index >= 15 is 0 Å². The number of nitrogens with zero attached hydrogens (tertiary/aromatic N) is 2. The number of pyridine rings is 1. The van der Waals surface area contributed by atoms with Crippen molar-refractivity contribution >= 4 is 22.5 Å². The second-order valence-electron chi connectivity index (χ2n) is 5.64. The molecular weight excluding hydrogens is 238 g/mol. The molecule has 0 aromatic carbocycles. The molecule has 5 heteroatoms. The minimum atomic E-state index is 0.0641. The normalized spacial score (nSPS) is 11.9. The lowest BCUT2D eigenvalue weighted by molar-refractivity contribution is 0.567. The van der Waals surface area contributed by atoms with Crippen molar-refractivity contribution in [1.82, 2.24) is 20.2 Å². The molecule has 0 aliphatic carbocycles. The maximum Gasteiger partial charge on any atom is 0.152 e. The summed E-state index contributed by atoms with van der Waals surface area (Å²) in [5.41, 5.74) is 3.04. The molecule has 0 spiro atoms. The van der Waals surface area contributed by atoms with Gasteiger partial charge in [0.25, 0.3) is 0 Å². The molecule has 19 heavy (non-hydrogen) atoms. The highest BCUT2D eigenvalue weighted by molar-refractivity contribution is 5.90. The van der Waals surface area contributed by atoms with Crippen molar-refractivity contribution in [2.24, 2.45) is 0 Å². The molecule has 0 unspecified atom stereocenters. The van der Waals surface area contributed by atoms with Crippen LogP contribution in [0.4, 0.5) is 11.5 Å². The minimum absolute atomic E-state index is 0.0641. The Labute approximate surface area is 111 Å². The van der Waals surface area contributed by atoms with E-state index in [0.29, 0.717) is 0 Å². The summed E-state index contributed by atoms with van der Waals surface area (Å²) in [5.74, 6) is 0.818. The monoisotopic (exact) mass is 255 g/mol. The van der Waals surface area contributed by atoms with Gasteiger partial charge >= 0.3 is 0 Å². The number of hydrogen-bond acceptors (Lipinski definition) is 3. The lowest BCUT2D eigenvalue weighted by Crippen LogP contribution is -2.11. The van der Waals surface area contributed by atoms with E-state index in [9.17, 15) is 0 Å². The fraction of sp³-hybridized carbons (Fsp3) is 0.286. The average molecular weight is 255 g/mol. The van der Waals surface area contributed by atoms with Crippen LogP contribution in [0.3, 0.4) is 0 Å². The van der Waals surface area contributed by atoms with Gasteiger partial charge in [0.15, 0.2) is 5.82 Å². The number of rotatable bonds is 2. The molecule has 3 aromatic heterocycles. The van der Waals surface area contributed by atoms with Gasteiger partial charge in [-0.05, 0) is 12.1 Å². The first-order valence-electron chi connectivity index (χ1n) is 6.29. The average Bonchev–Trinajstić information content (AvgIpc) is 2.96. The van der Waals surface area contributed by atoms with Gasteiger partial charge < -0.3 is 10.3 Å². The van der Waals surface area contributed by atoms with Crippen molar-refractivity contribution in [1.29, 1.82) is 0 Å². The van der Waals surface area contributed by atoms with Gasteiger partial charge in [0, 0.05) is 35.0 Å². The van der Waals surface area contributed by atoms with E-state index in [4.69, 9.17) is 0 Å². The van der Waals surface area contributed by atoms with E-state index in [-0.39, 0.29) is 5.41 Å². The van der Waals surface area contributed by atoms with Gasteiger partial charge in [-0.15, -0.1) is 0 Å². The maximum absolute atomic E-state index is 4.30. The van der Waals surface area contributed by atoms with Crippen molar-refractivity contribution in [3.8, 4) is 0 Å². The smallest absolute Gasteiger partial charge is 0.152 e. The Balaban J connectivity index is 1.93. The van der Waals surface area contributed by atoms with Crippen molar-refractivity contribution in [3.63, 3.8) is 0 Å². The first-order chi connectivity index (χ1) is 9.04. The lowest BCUT2D eigenvalue weighted by atomic mass is 9.92. The molecule has 0 amide bonds. The van der Waals surface area contributed by atoms with Crippen LogP contribution in [0.25, 0.3) is 11.0 Å². The van der Waals surface area contributed by atoms with Crippen LogP contribution in [-0.2, 0) is 5.41 Å². The molecule has 0 aliphatic heterocycles. The molecule has 3 heterocycles. The first kappa shape index (κ1) is 11.8. The molecular formula is C14H17N5. The largest absolute Gasteiger partial charge is 0.346 e. The van der Waals surface area contributed by atoms with Crippen molar-refractivity contribution in [3.05, 3.63) is 36.3 Å². The fourth-order valence-corrected chi connectivity index (χ4v) is 1.98. The predicted molar refractivity (Wildman–Crippen MR) is 76.7 cm³/mol. The van der Waals surface area contributed by atoms with Gasteiger partial charge in [-0.3, -0.25) is 5.10 Å². The van der Waals surface area contributed by atoms with Crippen LogP contribution in [0.15, 0.2) is 30.6 Å². The molecule has 3 N–H and O–H groups in total. The number of aromatic amines is 2. The van der Waals surface area contributed by atoms with E-state index in [2.05, 4.69) is 46.3 Å². The van der Waals surface area contributed by atoms with E-state index in [1.165, 1.54) is 0 Å². The van der Waals surface area contributed by atoms with Gasteiger partial charge in [-0.1, -0.05) is 20.8 Å². The standard InChI is InChI=1S/C14H17N5/c1-14(2,3)11-8-12(19-18-11)17-10-5-7-16-13-9(10)4-6-15-13/h4-8H,1-3H3,(H3,15,16,17,18,19). The zero-order chi connectivity index (χ0) is 13.5. The highest BCUT2D eigenvalue weighted by atomic mass is 15.2. The van der Waals surface area contributed by atoms with Crippen molar-refractivity contribution in [2.75, 3.05) is 5.32 Å². The summed E-state index contributed by atoms with van der Waals surface area (Å²) >= 11 is 0. The predicted octanol–water partition coefficient (Wildman–Crippen LogP) is 3.33. The van der Waals surface area contributed by atoms with Gasteiger partial charge in [0.2, 0.25) is 0 Å². The molecule has 3 aromatic rings. The third-order valence-electron chi connectivity index (χ3n) is 3.11. The summed E-state index contributed by atoms with van der Waals surface area (Å²) in [4.78, 5) is 7.36. The molecule has 0 aliphatic rings. The van der Waals surface area contributed by atoms with Gasteiger partial charge in [-0.25, -0.2) is 4.98 Å². The van der Waals surface area contributed by atoms with Crippen LogP contribution in [-0.4, -0.2) is 20.2 Å².